The number of unbranched alkanes of at least 4 members (excludes halogenated alkanes) is 1. The molecule has 7 nitrogen and oxygen atoms in total. The van der Waals surface area contributed by atoms with Crippen LogP contribution in [0.2, 0.25) is 0 Å². The molecule has 1 fully saturated rings. The van der Waals surface area contributed by atoms with Crippen LogP contribution < -0.4 is 10.2 Å². The minimum absolute atomic E-state index is 0.0000466. The van der Waals surface area contributed by atoms with Gasteiger partial charge in [0.1, 0.15) is 6.61 Å². The Hall–Kier alpha value is -4.13. The zero-order chi connectivity index (χ0) is 27.5. The predicted octanol–water partition coefficient (Wildman–Crippen LogP) is 4.71. The minimum atomic E-state index is -0.449. The number of benzene rings is 3. The fourth-order valence-corrected chi connectivity index (χ4v) is 4.93. The Morgan fingerprint density at radius 1 is 0.897 bits per heavy atom. The Bertz CT molecular complexity index is 1270. The van der Waals surface area contributed by atoms with E-state index in [9.17, 15) is 14.4 Å². The third kappa shape index (κ3) is 8.18. The van der Waals surface area contributed by atoms with Gasteiger partial charge in [-0.25, -0.2) is 0 Å². The molecule has 2 amide bonds. The number of carbonyl (C=O) groups excluding carboxylic acids is 3. The quantitative estimate of drug-likeness (QED) is 0.210. The van der Waals surface area contributed by atoms with Crippen molar-refractivity contribution in [2.45, 2.75) is 32.3 Å². The normalized spacial score (nSPS) is 14.1. The van der Waals surface area contributed by atoms with Gasteiger partial charge in [0.25, 0.3) is 0 Å². The molecule has 1 aliphatic heterocycles. The van der Waals surface area contributed by atoms with Crippen molar-refractivity contribution in [1.29, 1.82) is 0 Å². The van der Waals surface area contributed by atoms with Crippen LogP contribution in [0.25, 0.3) is 10.8 Å². The van der Waals surface area contributed by atoms with Gasteiger partial charge in [0.15, 0.2) is 0 Å². The summed E-state index contributed by atoms with van der Waals surface area (Å²) < 4.78 is 5.49. The SMILES string of the molecule is C=CC(=O)NCCCC[C@H](CC(=O)OCc1ccccc1)C(=O)N1CCN(c2ccc3ccccc3c2)CC1. The molecule has 3 aromatic carbocycles. The molecule has 0 spiro atoms. The molecule has 39 heavy (non-hydrogen) atoms. The van der Waals surface area contributed by atoms with Crippen molar-refractivity contribution in [2.75, 3.05) is 37.6 Å². The largest absolute Gasteiger partial charge is 0.461 e. The van der Waals surface area contributed by atoms with Gasteiger partial charge in [-0.3, -0.25) is 14.4 Å². The summed E-state index contributed by atoms with van der Waals surface area (Å²) in [7, 11) is 0. The molecular weight excluding hydrogens is 490 g/mol. The van der Waals surface area contributed by atoms with Gasteiger partial charge in [-0.05, 0) is 47.4 Å². The second-order valence-electron chi connectivity index (χ2n) is 9.88. The molecule has 1 heterocycles. The minimum Gasteiger partial charge on any atom is -0.461 e. The number of piperazine rings is 1. The van der Waals surface area contributed by atoms with Crippen molar-refractivity contribution in [3.05, 3.63) is 91.0 Å². The molecule has 0 aliphatic carbocycles. The first-order valence-corrected chi connectivity index (χ1v) is 13.7. The lowest BCUT2D eigenvalue weighted by molar-refractivity contribution is -0.150. The van der Waals surface area contributed by atoms with Crippen molar-refractivity contribution in [1.82, 2.24) is 10.2 Å². The first-order valence-electron chi connectivity index (χ1n) is 13.7. The molecule has 3 aromatic rings. The molecule has 0 radical (unpaired) electrons. The Morgan fingerprint density at radius 2 is 1.62 bits per heavy atom. The van der Waals surface area contributed by atoms with Crippen LogP contribution in [0.15, 0.2) is 85.5 Å². The molecule has 1 saturated heterocycles. The summed E-state index contributed by atoms with van der Waals surface area (Å²) in [5.41, 5.74) is 2.07. The van der Waals surface area contributed by atoms with Crippen molar-refractivity contribution < 1.29 is 19.1 Å². The van der Waals surface area contributed by atoms with E-state index in [0.717, 1.165) is 37.2 Å². The van der Waals surface area contributed by atoms with Crippen molar-refractivity contribution in [2.24, 2.45) is 5.92 Å². The number of amides is 2. The molecular formula is C32H37N3O4. The summed E-state index contributed by atoms with van der Waals surface area (Å²) in [6, 6.07) is 24.3. The van der Waals surface area contributed by atoms with E-state index in [2.05, 4.69) is 47.1 Å². The topological polar surface area (TPSA) is 78.9 Å². The molecule has 7 heteroatoms. The zero-order valence-electron chi connectivity index (χ0n) is 22.4. The highest BCUT2D eigenvalue weighted by Crippen LogP contribution is 2.24. The maximum atomic E-state index is 13.6. The van der Waals surface area contributed by atoms with Gasteiger partial charge in [-0.2, -0.15) is 0 Å². The molecule has 1 aliphatic rings. The van der Waals surface area contributed by atoms with Crippen LogP contribution in [0, 0.1) is 5.92 Å². The molecule has 1 atom stereocenters. The number of nitrogens with one attached hydrogen (secondary N) is 1. The lowest BCUT2D eigenvalue weighted by Crippen LogP contribution is -2.50. The van der Waals surface area contributed by atoms with E-state index in [1.807, 2.05) is 47.4 Å². The number of rotatable bonds is 12. The summed E-state index contributed by atoms with van der Waals surface area (Å²) >= 11 is 0. The summed E-state index contributed by atoms with van der Waals surface area (Å²) in [4.78, 5) is 41.9. The van der Waals surface area contributed by atoms with E-state index >= 15 is 0 Å². The molecule has 0 aromatic heterocycles. The first kappa shape index (κ1) is 27.9. The molecule has 0 saturated carbocycles. The third-order valence-corrected chi connectivity index (χ3v) is 7.16. The third-order valence-electron chi connectivity index (χ3n) is 7.16. The summed E-state index contributed by atoms with van der Waals surface area (Å²) in [5, 5.41) is 5.17. The highest BCUT2D eigenvalue weighted by Gasteiger charge is 2.29. The van der Waals surface area contributed by atoms with E-state index in [0.29, 0.717) is 26.1 Å². The molecule has 204 valence electrons. The van der Waals surface area contributed by atoms with Crippen LogP contribution in [-0.2, 0) is 25.7 Å². The van der Waals surface area contributed by atoms with Crippen LogP contribution in [0.5, 0.6) is 0 Å². The maximum absolute atomic E-state index is 13.6. The van der Waals surface area contributed by atoms with Crippen LogP contribution in [0.3, 0.4) is 0 Å². The molecule has 4 rings (SSSR count). The van der Waals surface area contributed by atoms with Crippen LogP contribution in [-0.4, -0.2) is 55.4 Å². The van der Waals surface area contributed by atoms with Crippen molar-refractivity contribution >= 4 is 34.2 Å². The molecule has 0 bridgehead atoms. The standard InChI is InChI=1S/C32H37N3O4/c1-2-30(36)33-17-9-8-14-28(23-31(37)39-24-25-10-4-3-5-11-25)32(38)35-20-18-34(19-21-35)29-16-15-26-12-6-7-13-27(26)22-29/h2-7,10-13,15-16,22,28H,1,8-9,14,17-21,23-24H2,(H,33,36)/t28-/m1/s1. The average molecular weight is 528 g/mol. The Kier molecular flexibility index (Phi) is 10.1. The zero-order valence-corrected chi connectivity index (χ0v) is 22.4. The Labute approximate surface area is 230 Å². The maximum Gasteiger partial charge on any atom is 0.306 e. The smallest absolute Gasteiger partial charge is 0.306 e. The van der Waals surface area contributed by atoms with Gasteiger partial charge in [-0.15, -0.1) is 0 Å². The van der Waals surface area contributed by atoms with Crippen LogP contribution in [0.4, 0.5) is 5.69 Å². The van der Waals surface area contributed by atoms with Gasteiger partial charge in [-0.1, -0.05) is 73.7 Å². The lowest BCUT2D eigenvalue weighted by atomic mass is 9.96. The van der Waals surface area contributed by atoms with E-state index in [1.54, 1.807) is 0 Å². The molecule has 0 unspecified atom stereocenters. The van der Waals surface area contributed by atoms with Gasteiger partial charge in [0, 0.05) is 44.3 Å². The van der Waals surface area contributed by atoms with Gasteiger partial charge >= 0.3 is 5.97 Å². The van der Waals surface area contributed by atoms with E-state index < -0.39 is 5.92 Å². The Balaban J connectivity index is 1.33. The number of esters is 1. The monoisotopic (exact) mass is 527 g/mol. The van der Waals surface area contributed by atoms with Crippen molar-refractivity contribution in [3.8, 4) is 0 Å². The van der Waals surface area contributed by atoms with Crippen LogP contribution >= 0.6 is 0 Å². The first-order chi connectivity index (χ1) is 19.0. The Morgan fingerprint density at radius 3 is 2.36 bits per heavy atom. The van der Waals surface area contributed by atoms with E-state index in [4.69, 9.17) is 4.74 Å². The number of anilines is 1. The second kappa shape index (κ2) is 14.1. The number of carbonyl (C=O) groups is 3. The highest BCUT2D eigenvalue weighted by molar-refractivity contribution is 5.87. The fraction of sp³-hybridized carbons (Fsp3) is 0.344. The summed E-state index contributed by atoms with van der Waals surface area (Å²) in [5.74, 6) is -1.03. The summed E-state index contributed by atoms with van der Waals surface area (Å²) in [6.45, 7) is 6.85. The number of nitrogens with zero attached hydrogens (tertiary/aromatic N) is 2. The van der Waals surface area contributed by atoms with E-state index in [1.165, 1.54) is 16.8 Å². The van der Waals surface area contributed by atoms with Gasteiger partial charge < -0.3 is 19.9 Å². The predicted molar refractivity (Wildman–Crippen MR) is 154 cm³/mol. The number of hydrogen-bond donors (Lipinski definition) is 1. The highest BCUT2D eigenvalue weighted by atomic mass is 16.5. The second-order valence-corrected chi connectivity index (χ2v) is 9.88. The number of hydrogen-bond acceptors (Lipinski definition) is 5. The van der Waals surface area contributed by atoms with E-state index in [-0.39, 0.29) is 30.8 Å². The fourth-order valence-electron chi connectivity index (χ4n) is 4.93. The molecule has 1 N–H and O–H groups in total. The lowest BCUT2D eigenvalue weighted by Gasteiger charge is -2.37. The average Bonchev–Trinajstić information content (AvgIpc) is 2.99. The number of fused-ring (bicyclic) bond motifs is 1. The summed E-state index contributed by atoms with van der Waals surface area (Å²) in [6.07, 6.45) is 3.30. The van der Waals surface area contributed by atoms with Crippen LogP contribution in [0.1, 0.15) is 31.2 Å². The van der Waals surface area contributed by atoms with Gasteiger partial charge in [0.05, 0.1) is 6.42 Å². The van der Waals surface area contributed by atoms with Crippen molar-refractivity contribution in [3.63, 3.8) is 0 Å². The number of ether oxygens (including phenoxy) is 1. The van der Waals surface area contributed by atoms with Gasteiger partial charge in [0.2, 0.25) is 11.8 Å².